The topological polar surface area (TPSA) is 105 Å². The van der Waals surface area contributed by atoms with Gasteiger partial charge in [-0.15, -0.1) is 0 Å². The normalized spacial score (nSPS) is 10.5. The minimum Gasteiger partial charge on any atom is -0.477 e. The molecule has 3 aromatic rings. The summed E-state index contributed by atoms with van der Waals surface area (Å²) in [6.07, 6.45) is 2.86. The Kier molecular flexibility index (Phi) is 4.21. The number of benzene rings is 1. The summed E-state index contributed by atoms with van der Waals surface area (Å²) >= 11 is 0. The lowest BCUT2D eigenvalue weighted by Gasteiger charge is -2.04. The molecule has 0 radical (unpaired) electrons. The number of pyridine rings is 1. The maximum absolute atomic E-state index is 13.7. The maximum Gasteiger partial charge on any atom is 0.343 e. The number of hydrogen-bond donors (Lipinski definition) is 2. The lowest BCUT2D eigenvalue weighted by molar-refractivity contribution is 0.0698. The molecule has 2 N–H and O–H groups in total. The van der Waals surface area contributed by atoms with Gasteiger partial charge >= 0.3 is 5.97 Å². The number of carbonyl (C=O) groups excluding carboxylic acids is 1. The van der Waals surface area contributed by atoms with Crippen molar-refractivity contribution in [3.8, 4) is 11.3 Å². The Morgan fingerprint density at radius 1 is 1.20 bits per heavy atom. The van der Waals surface area contributed by atoms with E-state index in [0.717, 1.165) is 12.1 Å². The number of anilines is 1. The molecule has 0 bridgehead atoms. The number of aromatic carboxylic acids is 1. The number of carboxylic acid groups (broad SMARTS) is 1. The molecule has 0 aliphatic heterocycles. The number of hydrogen-bond acceptors (Lipinski definition) is 5. The van der Waals surface area contributed by atoms with Gasteiger partial charge in [0.2, 0.25) is 5.88 Å². The van der Waals surface area contributed by atoms with Crippen molar-refractivity contribution in [1.29, 1.82) is 0 Å². The summed E-state index contributed by atoms with van der Waals surface area (Å²) < 4.78 is 31.5. The smallest absolute Gasteiger partial charge is 0.343 e. The van der Waals surface area contributed by atoms with Gasteiger partial charge in [0.1, 0.15) is 17.3 Å². The Labute approximate surface area is 138 Å². The molecule has 0 saturated carbocycles. The predicted molar refractivity (Wildman–Crippen MR) is 81.0 cm³/mol. The first-order chi connectivity index (χ1) is 12.0. The number of amides is 1. The van der Waals surface area contributed by atoms with Crippen LogP contribution in [0.25, 0.3) is 11.3 Å². The summed E-state index contributed by atoms with van der Waals surface area (Å²) in [6.45, 7) is 0. The van der Waals surface area contributed by atoms with E-state index in [2.05, 4.69) is 15.5 Å². The zero-order valence-corrected chi connectivity index (χ0v) is 12.4. The van der Waals surface area contributed by atoms with Gasteiger partial charge in [-0.1, -0.05) is 5.16 Å². The minimum absolute atomic E-state index is 0.0459. The van der Waals surface area contributed by atoms with Crippen molar-refractivity contribution in [3.63, 3.8) is 0 Å². The lowest BCUT2D eigenvalue weighted by Crippen LogP contribution is -2.15. The van der Waals surface area contributed by atoms with Crippen LogP contribution >= 0.6 is 0 Å². The number of nitrogens with one attached hydrogen (secondary N) is 1. The molecule has 0 aliphatic rings. The highest BCUT2D eigenvalue weighted by molar-refractivity contribution is 6.08. The van der Waals surface area contributed by atoms with Crippen molar-refractivity contribution in [2.75, 3.05) is 5.32 Å². The molecule has 25 heavy (non-hydrogen) atoms. The van der Waals surface area contributed by atoms with Crippen molar-refractivity contribution in [2.45, 2.75) is 0 Å². The number of rotatable bonds is 4. The molecule has 3 rings (SSSR count). The van der Waals surface area contributed by atoms with Crippen molar-refractivity contribution in [3.05, 3.63) is 65.5 Å². The van der Waals surface area contributed by atoms with E-state index in [9.17, 15) is 23.5 Å². The third-order valence-electron chi connectivity index (χ3n) is 3.24. The average Bonchev–Trinajstić information content (AvgIpc) is 2.99. The van der Waals surface area contributed by atoms with Crippen LogP contribution < -0.4 is 5.32 Å². The monoisotopic (exact) mass is 345 g/mol. The molecule has 0 saturated heterocycles. The Hall–Kier alpha value is -3.62. The quantitative estimate of drug-likeness (QED) is 0.753. The van der Waals surface area contributed by atoms with Gasteiger partial charge < -0.3 is 9.63 Å². The molecule has 0 fully saturated rings. The second kappa shape index (κ2) is 6.48. The Morgan fingerprint density at radius 3 is 2.64 bits per heavy atom. The SMILES string of the molecule is O=C(Nc1onc(-c2cccnc2)c1C(=O)O)c1ccc(F)cc1F. The molecule has 1 amide bonds. The zero-order valence-electron chi connectivity index (χ0n) is 12.4. The molecule has 0 atom stereocenters. The minimum atomic E-state index is -1.41. The highest BCUT2D eigenvalue weighted by Gasteiger charge is 2.26. The van der Waals surface area contributed by atoms with Crippen molar-refractivity contribution in [2.24, 2.45) is 0 Å². The molecule has 1 aromatic carbocycles. The van der Waals surface area contributed by atoms with Gasteiger partial charge in [-0.25, -0.2) is 13.6 Å². The zero-order chi connectivity index (χ0) is 18.0. The molecule has 9 heteroatoms. The van der Waals surface area contributed by atoms with Gasteiger partial charge in [-0.05, 0) is 24.3 Å². The molecule has 2 aromatic heterocycles. The second-order valence-electron chi connectivity index (χ2n) is 4.86. The van der Waals surface area contributed by atoms with Crippen molar-refractivity contribution >= 4 is 17.8 Å². The van der Waals surface area contributed by atoms with E-state index in [0.29, 0.717) is 11.6 Å². The number of carbonyl (C=O) groups is 2. The van der Waals surface area contributed by atoms with Crippen LogP contribution in [0.15, 0.2) is 47.2 Å². The van der Waals surface area contributed by atoms with Gasteiger partial charge in [0.25, 0.3) is 5.91 Å². The van der Waals surface area contributed by atoms with E-state index in [1.165, 1.54) is 12.4 Å². The van der Waals surface area contributed by atoms with Crippen LogP contribution in [0.2, 0.25) is 0 Å². The van der Waals surface area contributed by atoms with E-state index >= 15 is 0 Å². The first-order valence-corrected chi connectivity index (χ1v) is 6.87. The first kappa shape index (κ1) is 16.2. The highest BCUT2D eigenvalue weighted by atomic mass is 19.1. The predicted octanol–water partition coefficient (Wildman–Crippen LogP) is 2.97. The summed E-state index contributed by atoms with van der Waals surface area (Å²) in [4.78, 5) is 27.5. The number of nitrogens with zero attached hydrogens (tertiary/aromatic N) is 2. The van der Waals surface area contributed by atoms with Crippen LogP contribution in [0, 0.1) is 11.6 Å². The van der Waals surface area contributed by atoms with E-state index in [4.69, 9.17) is 4.52 Å². The van der Waals surface area contributed by atoms with Gasteiger partial charge in [-0.3, -0.25) is 15.1 Å². The third-order valence-corrected chi connectivity index (χ3v) is 3.24. The van der Waals surface area contributed by atoms with Gasteiger partial charge in [0, 0.05) is 24.0 Å². The van der Waals surface area contributed by atoms with Crippen LogP contribution in [0.1, 0.15) is 20.7 Å². The molecule has 0 unspecified atom stereocenters. The summed E-state index contributed by atoms with van der Waals surface area (Å²) in [5, 5.41) is 15.1. The van der Waals surface area contributed by atoms with Crippen LogP contribution in [-0.4, -0.2) is 27.1 Å². The van der Waals surface area contributed by atoms with Crippen molar-refractivity contribution in [1.82, 2.24) is 10.1 Å². The number of aromatic nitrogens is 2. The van der Waals surface area contributed by atoms with Crippen LogP contribution in [0.5, 0.6) is 0 Å². The van der Waals surface area contributed by atoms with Crippen molar-refractivity contribution < 1.29 is 28.0 Å². The summed E-state index contributed by atoms with van der Waals surface area (Å²) in [7, 11) is 0. The molecule has 0 spiro atoms. The Morgan fingerprint density at radius 2 is 2.00 bits per heavy atom. The standard InChI is InChI=1S/C16H9F2N3O4/c17-9-3-4-10(11(18)6-9)14(22)20-15-12(16(23)24)13(21-25-15)8-2-1-5-19-7-8/h1-7H,(H,20,22)(H,23,24). The summed E-state index contributed by atoms with van der Waals surface area (Å²) in [5.41, 5.74) is -0.575. The molecule has 7 nitrogen and oxygen atoms in total. The first-order valence-electron chi connectivity index (χ1n) is 6.87. The van der Waals surface area contributed by atoms with Crippen LogP contribution in [0.4, 0.5) is 14.7 Å². The molecule has 2 heterocycles. The second-order valence-corrected chi connectivity index (χ2v) is 4.86. The molecular weight excluding hydrogens is 336 g/mol. The average molecular weight is 345 g/mol. The fraction of sp³-hybridized carbons (Fsp3) is 0. The maximum atomic E-state index is 13.7. The van der Waals surface area contributed by atoms with E-state index in [1.807, 2.05) is 0 Å². The summed E-state index contributed by atoms with van der Waals surface area (Å²) in [5.74, 6) is -4.83. The Balaban J connectivity index is 1.97. The summed E-state index contributed by atoms with van der Waals surface area (Å²) in [6, 6.07) is 5.50. The van der Waals surface area contributed by atoms with Gasteiger partial charge in [0.05, 0.1) is 5.56 Å². The molecular formula is C16H9F2N3O4. The number of halogens is 2. The van der Waals surface area contributed by atoms with Gasteiger partial charge in [-0.2, -0.15) is 0 Å². The lowest BCUT2D eigenvalue weighted by atomic mass is 10.1. The van der Waals surface area contributed by atoms with E-state index in [-0.39, 0.29) is 5.69 Å². The largest absolute Gasteiger partial charge is 0.477 e. The fourth-order valence-corrected chi connectivity index (χ4v) is 2.12. The molecule has 0 aliphatic carbocycles. The van der Waals surface area contributed by atoms with E-state index in [1.54, 1.807) is 12.1 Å². The number of carboxylic acids is 1. The van der Waals surface area contributed by atoms with Crippen LogP contribution in [-0.2, 0) is 0 Å². The highest BCUT2D eigenvalue weighted by Crippen LogP contribution is 2.28. The third kappa shape index (κ3) is 3.20. The fourth-order valence-electron chi connectivity index (χ4n) is 2.12. The Bertz CT molecular complexity index is 957. The van der Waals surface area contributed by atoms with Gasteiger partial charge in [0.15, 0.2) is 5.56 Å². The molecule has 126 valence electrons. The van der Waals surface area contributed by atoms with Crippen LogP contribution in [0.3, 0.4) is 0 Å². The van der Waals surface area contributed by atoms with E-state index < -0.39 is 40.5 Å².